The smallest absolute Gasteiger partial charge is 0.180 e. The van der Waals surface area contributed by atoms with Gasteiger partial charge in [0.25, 0.3) is 0 Å². The second-order valence-corrected chi connectivity index (χ2v) is 34.6. The van der Waals surface area contributed by atoms with Gasteiger partial charge in [0.2, 0.25) is 0 Å². The average molecular weight is 1310 g/mol. The van der Waals surface area contributed by atoms with Crippen molar-refractivity contribution in [2.75, 3.05) is 0 Å². The van der Waals surface area contributed by atoms with Crippen LogP contribution in [-0.2, 0) is 0 Å². The molecule has 2 aliphatic heterocycles. The summed E-state index contributed by atoms with van der Waals surface area (Å²) in [5.74, 6) is 0.724. The van der Waals surface area contributed by atoms with Crippen LogP contribution in [-0.4, -0.2) is 31.1 Å². The van der Waals surface area contributed by atoms with Crippen LogP contribution in [0.1, 0.15) is 0 Å². The van der Waals surface area contributed by atoms with E-state index < -0.39 is 16.1 Å². The summed E-state index contributed by atoms with van der Waals surface area (Å²) in [6.45, 7) is 4.94. The van der Waals surface area contributed by atoms with Gasteiger partial charge in [-0.3, -0.25) is 0 Å². The first-order chi connectivity index (χ1) is 49.3. The highest BCUT2D eigenvalue weighted by Crippen LogP contribution is 2.41. The van der Waals surface area contributed by atoms with Gasteiger partial charge in [-0.15, -0.1) is 0 Å². The van der Waals surface area contributed by atoms with E-state index in [1.807, 2.05) is 48.5 Å². The molecule has 3 nitrogen and oxygen atoms in total. The summed E-state index contributed by atoms with van der Waals surface area (Å²) in [7, 11) is -4.24. The number of pyridine rings is 1. The first-order valence-corrected chi connectivity index (χ1v) is 39.5. The van der Waals surface area contributed by atoms with E-state index in [1.165, 1.54) is 98.3 Å². The van der Waals surface area contributed by atoms with Gasteiger partial charge >= 0.3 is 0 Å². The number of hydrogen-bond acceptors (Lipinski definition) is 3. The molecule has 2 aromatic heterocycles. The normalized spacial score (nSPS) is 12.7. The topological polar surface area (TPSA) is 38.7 Å². The number of nitrogens with zero attached hydrogens (tertiary/aromatic N) is 3. The fourth-order valence-electron chi connectivity index (χ4n) is 15.4. The van der Waals surface area contributed by atoms with Crippen molar-refractivity contribution in [2.24, 2.45) is 0 Å². The Kier molecular flexibility index (Phi) is 16.1. The van der Waals surface area contributed by atoms with Gasteiger partial charge in [0.05, 0.1) is 22.8 Å². The predicted molar refractivity (Wildman–Crippen MR) is 425 cm³/mol. The third-order valence-electron chi connectivity index (χ3n) is 20.3. The van der Waals surface area contributed by atoms with E-state index in [0.29, 0.717) is 0 Å². The monoisotopic (exact) mass is 1310 g/mol. The first kappa shape index (κ1) is 61.3. The molecule has 100 heavy (non-hydrogen) atoms. The number of aromatic nitrogens is 3. The van der Waals surface area contributed by atoms with Gasteiger partial charge in [-0.05, 0) is 127 Å². The Morgan fingerprint density at radius 1 is 0.190 bits per heavy atom. The van der Waals surface area contributed by atoms with Crippen molar-refractivity contribution in [3.63, 3.8) is 0 Å². The summed E-state index contributed by atoms with van der Waals surface area (Å²) in [6.07, 6.45) is 0. The second kappa shape index (κ2) is 26.3. The lowest BCUT2D eigenvalue weighted by Gasteiger charge is -2.31. The molecule has 0 N–H and O–H groups in total. The van der Waals surface area contributed by atoms with Crippen LogP contribution in [0, 0.1) is 0 Å². The molecule has 0 saturated carbocycles. The molecule has 2 aliphatic rings. The Morgan fingerprint density at radius 3 is 0.900 bits per heavy atom. The molecule has 0 radical (unpaired) electrons. The lowest BCUT2D eigenvalue weighted by Crippen LogP contribution is -2.72. The third kappa shape index (κ3) is 11.3. The summed E-state index contributed by atoms with van der Waals surface area (Å²) in [4.78, 5) is 15.1. The molecule has 5 heteroatoms. The predicted octanol–water partition coefficient (Wildman–Crippen LogP) is 20.4. The van der Waals surface area contributed by atoms with Crippen molar-refractivity contribution in [1.82, 2.24) is 15.0 Å². The first-order valence-electron chi connectivity index (χ1n) is 34.5. The molecule has 0 aliphatic carbocycles. The molecule has 16 aromatic rings. The molecule has 0 saturated heterocycles. The van der Waals surface area contributed by atoms with Crippen LogP contribution in [0.3, 0.4) is 0 Å². The van der Waals surface area contributed by atoms with E-state index in [1.54, 1.807) is 5.19 Å². The fourth-order valence-corrected chi connectivity index (χ4v) is 23.7. The van der Waals surface area contributed by atoms with Gasteiger partial charge in [-0.1, -0.05) is 377 Å². The largest absolute Gasteiger partial charge is 0.248 e. The molecular formula is C95H69N3Si2. The Morgan fingerprint density at radius 2 is 0.480 bits per heavy atom. The summed E-state index contributed by atoms with van der Waals surface area (Å²) in [5.41, 5.74) is 26.9. The van der Waals surface area contributed by atoms with Crippen molar-refractivity contribution in [3.8, 4) is 134 Å². The van der Waals surface area contributed by atoms with Crippen LogP contribution in [0.5, 0.6) is 0 Å². The summed E-state index contributed by atoms with van der Waals surface area (Å²) in [5, 5.41) is 8.84. The van der Waals surface area contributed by atoms with E-state index >= 15 is 0 Å². The molecule has 0 unspecified atom stereocenters. The lowest BCUT2D eigenvalue weighted by molar-refractivity contribution is 1.18. The van der Waals surface area contributed by atoms with E-state index in [-0.39, 0.29) is 0 Å². The maximum Gasteiger partial charge on any atom is 0.180 e. The fraction of sp³-hybridized carbons (Fsp3) is 0.0211. The van der Waals surface area contributed by atoms with E-state index in [0.717, 1.165) is 62.0 Å². The van der Waals surface area contributed by atoms with Crippen LogP contribution in [0.2, 0.25) is 13.1 Å². The van der Waals surface area contributed by atoms with Crippen molar-refractivity contribution in [2.45, 2.75) is 13.1 Å². The molecule has 0 bridgehead atoms. The minimum Gasteiger partial charge on any atom is -0.248 e. The van der Waals surface area contributed by atoms with Crippen molar-refractivity contribution in [1.29, 1.82) is 0 Å². The summed E-state index contributed by atoms with van der Waals surface area (Å²) in [6, 6.07) is 138. The van der Waals surface area contributed by atoms with Gasteiger partial charge in [-0.25, -0.2) is 15.0 Å². The highest BCUT2D eigenvalue weighted by Gasteiger charge is 2.49. The molecule has 18 rings (SSSR count). The molecule has 0 fully saturated rings. The summed E-state index contributed by atoms with van der Waals surface area (Å²) >= 11 is 0. The van der Waals surface area contributed by atoms with Crippen LogP contribution in [0.25, 0.3) is 134 Å². The molecule has 4 heterocycles. The van der Waals surface area contributed by atoms with Gasteiger partial charge in [0.1, 0.15) is 8.07 Å². The lowest BCUT2D eigenvalue weighted by atomic mass is 9.93. The second-order valence-electron chi connectivity index (χ2n) is 26.5. The number of fused-ring (bicyclic) bond motifs is 6. The van der Waals surface area contributed by atoms with Crippen LogP contribution < -0.4 is 31.1 Å². The minimum atomic E-state index is -2.54. The molecule has 14 aromatic carbocycles. The van der Waals surface area contributed by atoms with E-state index in [9.17, 15) is 0 Å². The molecular weight excluding hydrogens is 1240 g/mol. The molecule has 0 spiro atoms. The third-order valence-corrected chi connectivity index (χ3v) is 28.8. The van der Waals surface area contributed by atoms with Crippen LogP contribution in [0.15, 0.2) is 382 Å². The Hall–Kier alpha value is -12.3. The zero-order chi connectivity index (χ0) is 67.0. The maximum atomic E-state index is 5.07. The highest BCUT2D eigenvalue weighted by molar-refractivity contribution is 7.22. The van der Waals surface area contributed by atoms with Crippen molar-refractivity contribution in [3.05, 3.63) is 382 Å². The molecule has 0 amide bonds. The van der Waals surface area contributed by atoms with Crippen molar-refractivity contribution >= 4 is 47.3 Å². The number of hydrogen-bond donors (Lipinski definition) is 0. The maximum absolute atomic E-state index is 5.07. The van der Waals surface area contributed by atoms with Crippen molar-refractivity contribution < 1.29 is 0 Å². The zero-order valence-corrected chi connectivity index (χ0v) is 57.7. The Labute approximate surface area is 587 Å². The van der Waals surface area contributed by atoms with Crippen LogP contribution >= 0.6 is 0 Å². The van der Waals surface area contributed by atoms with Gasteiger partial charge in [0.15, 0.2) is 13.9 Å². The SMILES string of the molecule is C[Si]1(C)c2ccccc2-c2c(-c3ccc(-c4ccc(-c5nc(-c6ccccc6)cc(-c6ccccc6)n5)cc4)cc3)cccc21.c1ccc(-c2cc(-c3ccc(-c4ccc(-c5cccc6c5-c5ccccc5[Si]6(c5ccccc5)c5ccccc5)cc4)cc3)cc(-c3ccccc3)n2)cc1. The quantitative estimate of drug-likeness (QED) is 0.114. The van der Waals surface area contributed by atoms with Gasteiger partial charge < -0.3 is 0 Å². The highest BCUT2D eigenvalue weighted by atomic mass is 28.3. The van der Waals surface area contributed by atoms with Gasteiger partial charge in [-0.2, -0.15) is 0 Å². The Balaban J connectivity index is 0.000000153. The zero-order valence-electron chi connectivity index (χ0n) is 55.7. The molecule has 0 atom stereocenters. The number of benzene rings is 14. The van der Waals surface area contributed by atoms with E-state index in [4.69, 9.17) is 15.0 Å². The van der Waals surface area contributed by atoms with Gasteiger partial charge in [0, 0.05) is 27.8 Å². The minimum absolute atomic E-state index is 0.724. The van der Waals surface area contributed by atoms with Crippen LogP contribution in [0.4, 0.5) is 0 Å². The molecule has 472 valence electrons. The average Bonchev–Trinajstić information content (AvgIpc) is 1.52. The number of rotatable bonds is 12. The standard InChI is InChI=1S/C53H37NSi.C42H32N2Si/c1-5-16-42(17-6-1)49-36-44(37-50(54-49)43-18-7-2-8-19-43)40-30-28-38(29-31-40)39-32-34-41(35-33-39)47-25-15-27-52-53(47)48-24-13-14-26-51(48)55(52,45-20-9-3-10-21-45)46-22-11-4-12-23-46;1-45(2)39-18-10-9-16-36(39)41-35(17-11-19-40(41)45)31-24-20-29(21-25-31)30-22-26-34(27-23-30)42-43-37(32-12-5-3-6-13-32)28-38(44-42)33-14-7-4-8-15-33/h1-37H;3-28H,1-2H3. The summed E-state index contributed by atoms with van der Waals surface area (Å²) < 4.78 is 0. The van der Waals surface area contributed by atoms with E-state index in [2.05, 4.69) is 347 Å². The Bertz CT molecular complexity index is 5460.